The summed E-state index contributed by atoms with van der Waals surface area (Å²) in [6.07, 6.45) is 0. The van der Waals surface area contributed by atoms with Gasteiger partial charge in [0.25, 0.3) is 0 Å². The first-order valence-electron chi connectivity index (χ1n) is 5.50. The average molecular weight is 285 g/mol. The third kappa shape index (κ3) is 2.60. The maximum absolute atomic E-state index is 9.32. The highest BCUT2D eigenvalue weighted by atomic mass is 32.1. The summed E-state index contributed by atoms with van der Waals surface area (Å²) in [5.41, 5.74) is 1.77. The normalized spacial score (nSPS) is 11.8. The largest absolute Gasteiger partial charge is 0.394 e. The molecule has 0 amide bonds. The molecule has 8 nitrogen and oxygen atoms in total. The smallest absolute Gasteiger partial charge is 0.239 e. The maximum Gasteiger partial charge on any atom is 0.239 e. The number of nitrogens with zero attached hydrogens (tertiary/aromatic N) is 2. The van der Waals surface area contributed by atoms with Crippen LogP contribution in [0.2, 0.25) is 0 Å². The predicted octanol–water partition coefficient (Wildman–Crippen LogP) is -0.896. The van der Waals surface area contributed by atoms with Crippen LogP contribution in [0.15, 0.2) is 11.4 Å². The SMILES string of the molecule is NNc1nc(NC(CO)(CO)CO)c2sccc2n1. The van der Waals surface area contributed by atoms with Crippen molar-refractivity contribution in [1.29, 1.82) is 0 Å². The molecule has 0 aliphatic heterocycles. The van der Waals surface area contributed by atoms with Gasteiger partial charge in [0.1, 0.15) is 11.4 Å². The zero-order valence-electron chi connectivity index (χ0n) is 10.00. The van der Waals surface area contributed by atoms with Crippen LogP contribution in [0.5, 0.6) is 0 Å². The highest BCUT2D eigenvalue weighted by Gasteiger charge is 2.29. The number of hydrogen-bond donors (Lipinski definition) is 6. The van der Waals surface area contributed by atoms with E-state index in [1.54, 1.807) is 6.07 Å². The Labute approximate surface area is 112 Å². The number of aliphatic hydroxyl groups excluding tert-OH is 3. The third-order valence-electron chi connectivity index (χ3n) is 2.72. The van der Waals surface area contributed by atoms with Gasteiger partial charge in [0.2, 0.25) is 5.95 Å². The fraction of sp³-hybridized carbons (Fsp3) is 0.400. The Kier molecular flexibility index (Phi) is 4.12. The monoisotopic (exact) mass is 285 g/mol. The second-order valence-electron chi connectivity index (χ2n) is 4.05. The van der Waals surface area contributed by atoms with Crippen LogP contribution in [0.4, 0.5) is 11.8 Å². The van der Waals surface area contributed by atoms with Gasteiger partial charge in [-0.3, -0.25) is 5.43 Å². The van der Waals surface area contributed by atoms with Gasteiger partial charge in [0, 0.05) is 0 Å². The number of nitrogen functional groups attached to an aromatic ring is 1. The molecule has 0 aliphatic carbocycles. The molecule has 9 heteroatoms. The van der Waals surface area contributed by atoms with Crippen LogP contribution in [-0.4, -0.2) is 50.6 Å². The first-order valence-corrected chi connectivity index (χ1v) is 6.38. The van der Waals surface area contributed by atoms with Gasteiger partial charge in [-0.05, 0) is 11.4 Å². The van der Waals surface area contributed by atoms with E-state index in [9.17, 15) is 15.3 Å². The maximum atomic E-state index is 9.32. The molecular weight excluding hydrogens is 270 g/mol. The molecule has 0 saturated heterocycles. The van der Waals surface area contributed by atoms with Crippen molar-refractivity contribution in [3.63, 3.8) is 0 Å². The van der Waals surface area contributed by atoms with E-state index in [1.165, 1.54) is 11.3 Å². The minimum absolute atomic E-state index is 0.205. The highest BCUT2D eigenvalue weighted by molar-refractivity contribution is 7.17. The highest BCUT2D eigenvalue weighted by Crippen LogP contribution is 2.29. The van der Waals surface area contributed by atoms with E-state index in [1.807, 2.05) is 5.38 Å². The summed E-state index contributed by atoms with van der Waals surface area (Å²) in [6, 6.07) is 1.80. The summed E-state index contributed by atoms with van der Waals surface area (Å²) in [5.74, 6) is 5.89. The summed E-state index contributed by atoms with van der Waals surface area (Å²) in [5, 5.41) is 32.7. The van der Waals surface area contributed by atoms with E-state index in [4.69, 9.17) is 5.84 Å². The molecule has 0 radical (unpaired) electrons. The molecule has 2 aromatic heterocycles. The lowest BCUT2D eigenvalue weighted by atomic mass is 10.0. The van der Waals surface area contributed by atoms with Crippen molar-refractivity contribution in [1.82, 2.24) is 9.97 Å². The van der Waals surface area contributed by atoms with E-state index < -0.39 is 25.4 Å². The van der Waals surface area contributed by atoms with Crippen LogP contribution in [0.25, 0.3) is 10.2 Å². The fourth-order valence-corrected chi connectivity index (χ4v) is 2.31. The van der Waals surface area contributed by atoms with Crippen LogP contribution in [0.3, 0.4) is 0 Å². The van der Waals surface area contributed by atoms with Crippen LogP contribution in [-0.2, 0) is 0 Å². The van der Waals surface area contributed by atoms with Crippen molar-refractivity contribution in [2.75, 3.05) is 30.6 Å². The standard InChI is InChI=1S/C10H15N5O3S/c11-15-9-12-6-1-2-19-7(6)8(13-9)14-10(3-16,4-17)5-18/h1-2,16-18H,3-5,11H2,(H2,12,13,14,15). The topological polar surface area (TPSA) is 137 Å². The number of hydrogen-bond acceptors (Lipinski definition) is 9. The molecule has 0 fully saturated rings. The Bertz CT molecular complexity index is 549. The molecule has 0 aliphatic rings. The Hall–Kier alpha value is -1.52. The lowest BCUT2D eigenvalue weighted by molar-refractivity contribution is 0.0832. The van der Waals surface area contributed by atoms with Gasteiger partial charge < -0.3 is 20.6 Å². The first kappa shape index (κ1) is 13.9. The molecule has 0 atom stereocenters. The van der Waals surface area contributed by atoms with Gasteiger partial charge in [-0.25, -0.2) is 10.8 Å². The number of fused-ring (bicyclic) bond motifs is 1. The summed E-state index contributed by atoms with van der Waals surface area (Å²) in [6.45, 7) is -1.33. The van der Waals surface area contributed by atoms with E-state index >= 15 is 0 Å². The molecule has 0 saturated carbocycles. The summed E-state index contributed by atoms with van der Waals surface area (Å²) < 4.78 is 0.749. The van der Waals surface area contributed by atoms with Gasteiger partial charge in [-0.1, -0.05) is 0 Å². The van der Waals surface area contributed by atoms with Gasteiger partial charge >= 0.3 is 0 Å². The molecule has 104 valence electrons. The van der Waals surface area contributed by atoms with Gasteiger partial charge in [-0.2, -0.15) is 4.98 Å². The van der Waals surface area contributed by atoms with Crippen molar-refractivity contribution in [3.05, 3.63) is 11.4 Å². The summed E-state index contributed by atoms with van der Waals surface area (Å²) in [7, 11) is 0. The van der Waals surface area contributed by atoms with Crippen molar-refractivity contribution in [2.24, 2.45) is 5.84 Å². The van der Waals surface area contributed by atoms with Gasteiger partial charge in [0.15, 0.2) is 0 Å². The Morgan fingerprint density at radius 2 is 1.89 bits per heavy atom. The molecule has 2 aromatic rings. The number of thiophene rings is 1. The van der Waals surface area contributed by atoms with Gasteiger partial charge in [-0.15, -0.1) is 11.3 Å². The minimum Gasteiger partial charge on any atom is -0.394 e. The molecule has 7 N–H and O–H groups in total. The fourth-order valence-electron chi connectivity index (χ4n) is 1.53. The van der Waals surface area contributed by atoms with Crippen LogP contribution in [0, 0.1) is 0 Å². The summed E-state index contributed by atoms with van der Waals surface area (Å²) >= 11 is 1.40. The lowest BCUT2D eigenvalue weighted by Gasteiger charge is -2.29. The molecule has 2 rings (SSSR count). The second kappa shape index (κ2) is 5.63. The number of aliphatic hydroxyl groups is 3. The van der Waals surface area contributed by atoms with Crippen LogP contribution < -0.4 is 16.6 Å². The molecule has 2 heterocycles. The molecule has 0 spiro atoms. The Morgan fingerprint density at radius 1 is 1.21 bits per heavy atom. The number of nitrogens with two attached hydrogens (primary N) is 1. The van der Waals surface area contributed by atoms with Crippen molar-refractivity contribution in [2.45, 2.75) is 5.54 Å². The predicted molar refractivity (Wildman–Crippen MR) is 72.8 cm³/mol. The number of anilines is 2. The zero-order valence-corrected chi connectivity index (χ0v) is 10.8. The molecule has 0 bridgehead atoms. The number of aromatic nitrogens is 2. The first-order chi connectivity index (χ1) is 9.18. The van der Waals surface area contributed by atoms with Gasteiger partial charge in [0.05, 0.1) is 30.0 Å². The molecule has 0 aromatic carbocycles. The quantitative estimate of drug-likeness (QED) is 0.297. The van der Waals surface area contributed by atoms with Crippen LogP contribution in [0.1, 0.15) is 0 Å². The van der Waals surface area contributed by atoms with E-state index in [0.29, 0.717) is 11.3 Å². The second-order valence-corrected chi connectivity index (χ2v) is 4.97. The summed E-state index contributed by atoms with van der Waals surface area (Å²) in [4.78, 5) is 8.30. The Balaban J connectivity index is 2.46. The minimum atomic E-state index is -1.25. The average Bonchev–Trinajstić information content (AvgIpc) is 2.93. The lowest BCUT2D eigenvalue weighted by Crippen LogP contribution is -2.49. The molecular formula is C10H15N5O3S. The number of rotatable bonds is 6. The van der Waals surface area contributed by atoms with E-state index in [-0.39, 0.29) is 5.95 Å². The molecule has 19 heavy (non-hydrogen) atoms. The van der Waals surface area contributed by atoms with E-state index in [0.717, 1.165) is 4.70 Å². The van der Waals surface area contributed by atoms with Crippen molar-refractivity contribution >= 4 is 33.3 Å². The number of hydrazine groups is 1. The van der Waals surface area contributed by atoms with E-state index in [2.05, 4.69) is 20.7 Å². The number of nitrogens with one attached hydrogen (secondary N) is 2. The zero-order chi connectivity index (χ0) is 13.9. The van der Waals surface area contributed by atoms with Crippen LogP contribution >= 0.6 is 11.3 Å². The third-order valence-corrected chi connectivity index (χ3v) is 3.63. The molecule has 0 unspecified atom stereocenters. The Morgan fingerprint density at radius 3 is 2.47 bits per heavy atom. The van der Waals surface area contributed by atoms with Crippen molar-refractivity contribution < 1.29 is 15.3 Å². The van der Waals surface area contributed by atoms with Crippen molar-refractivity contribution in [3.8, 4) is 0 Å².